The van der Waals surface area contributed by atoms with Crippen LogP contribution in [0, 0.1) is 0 Å². The molecule has 1 rings (SSSR count). The van der Waals surface area contributed by atoms with E-state index >= 15 is 0 Å². The van der Waals surface area contributed by atoms with Crippen LogP contribution in [0.1, 0.15) is 50.0 Å². The van der Waals surface area contributed by atoms with Crippen molar-refractivity contribution in [1.29, 1.82) is 0 Å². The standard InChI is InChI=1S/C13H22N4O/c1-4-5-6-7-10(2)15-12-9-8-11(16-17-12)13(18)14-3/h8-10H,4-7H2,1-3H3,(H,14,18)(H,15,17). The smallest absolute Gasteiger partial charge is 0.271 e. The molecule has 0 aliphatic carbocycles. The summed E-state index contributed by atoms with van der Waals surface area (Å²) in [5.74, 6) is 0.497. The lowest BCUT2D eigenvalue weighted by molar-refractivity contribution is 0.0957. The second kappa shape index (κ2) is 7.63. The zero-order chi connectivity index (χ0) is 13.4. The predicted molar refractivity (Wildman–Crippen MR) is 72.6 cm³/mol. The van der Waals surface area contributed by atoms with Crippen LogP contribution in [0.3, 0.4) is 0 Å². The van der Waals surface area contributed by atoms with E-state index < -0.39 is 0 Å². The van der Waals surface area contributed by atoms with Crippen LogP contribution in [-0.2, 0) is 0 Å². The minimum absolute atomic E-state index is 0.218. The number of unbranched alkanes of at least 4 members (excludes halogenated alkanes) is 2. The zero-order valence-electron chi connectivity index (χ0n) is 11.4. The van der Waals surface area contributed by atoms with Crippen LogP contribution in [0.2, 0.25) is 0 Å². The second-order valence-corrected chi connectivity index (χ2v) is 4.42. The molecule has 0 aliphatic rings. The van der Waals surface area contributed by atoms with Crippen LogP contribution in [-0.4, -0.2) is 29.2 Å². The number of nitrogens with one attached hydrogen (secondary N) is 2. The maximum atomic E-state index is 11.3. The summed E-state index contributed by atoms with van der Waals surface area (Å²) in [7, 11) is 1.58. The molecule has 18 heavy (non-hydrogen) atoms. The maximum Gasteiger partial charge on any atom is 0.271 e. The van der Waals surface area contributed by atoms with Crippen molar-refractivity contribution < 1.29 is 4.79 Å². The minimum atomic E-state index is -0.218. The molecule has 1 unspecified atom stereocenters. The van der Waals surface area contributed by atoms with E-state index in [-0.39, 0.29) is 5.91 Å². The van der Waals surface area contributed by atoms with E-state index in [0.29, 0.717) is 17.6 Å². The number of rotatable bonds is 7. The maximum absolute atomic E-state index is 11.3. The average molecular weight is 250 g/mol. The average Bonchev–Trinajstić information content (AvgIpc) is 2.39. The molecule has 5 nitrogen and oxygen atoms in total. The van der Waals surface area contributed by atoms with Crippen LogP contribution in [0.4, 0.5) is 5.82 Å². The first-order valence-electron chi connectivity index (χ1n) is 6.49. The number of carbonyl (C=O) groups excluding carboxylic acids is 1. The van der Waals surface area contributed by atoms with Crippen LogP contribution < -0.4 is 10.6 Å². The predicted octanol–water partition coefficient (Wildman–Crippen LogP) is 2.22. The molecule has 1 heterocycles. The van der Waals surface area contributed by atoms with Crippen molar-refractivity contribution in [2.45, 2.75) is 45.6 Å². The number of carbonyl (C=O) groups is 1. The second-order valence-electron chi connectivity index (χ2n) is 4.42. The molecule has 0 radical (unpaired) electrons. The summed E-state index contributed by atoms with van der Waals surface area (Å²) in [6.07, 6.45) is 4.82. The van der Waals surface area contributed by atoms with Crippen LogP contribution in [0.15, 0.2) is 12.1 Å². The van der Waals surface area contributed by atoms with E-state index in [1.807, 2.05) is 0 Å². The number of hydrogen-bond donors (Lipinski definition) is 2. The topological polar surface area (TPSA) is 66.9 Å². The minimum Gasteiger partial charge on any atom is -0.366 e. The third-order valence-corrected chi connectivity index (χ3v) is 2.76. The molecule has 1 aromatic rings. The van der Waals surface area contributed by atoms with E-state index in [0.717, 1.165) is 6.42 Å². The van der Waals surface area contributed by atoms with Gasteiger partial charge in [0.05, 0.1) is 0 Å². The SMILES string of the molecule is CCCCCC(C)Nc1ccc(C(=O)NC)nn1. The molecule has 0 aromatic carbocycles. The number of amides is 1. The van der Waals surface area contributed by atoms with Gasteiger partial charge >= 0.3 is 0 Å². The highest BCUT2D eigenvalue weighted by Crippen LogP contribution is 2.09. The molecule has 0 bridgehead atoms. The van der Waals surface area contributed by atoms with Gasteiger partial charge in [-0.2, -0.15) is 0 Å². The fourth-order valence-corrected chi connectivity index (χ4v) is 1.68. The highest BCUT2D eigenvalue weighted by atomic mass is 16.1. The van der Waals surface area contributed by atoms with Crippen molar-refractivity contribution in [2.24, 2.45) is 0 Å². The Bertz CT molecular complexity index is 364. The Kier molecular flexibility index (Phi) is 6.11. The summed E-state index contributed by atoms with van der Waals surface area (Å²) in [6, 6.07) is 3.83. The van der Waals surface area contributed by atoms with Crippen molar-refractivity contribution in [3.05, 3.63) is 17.8 Å². The first kappa shape index (κ1) is 14.4. The summed E-state index contributed by atoms with van der Waals surface area (Å²) in [6.45, 7) is 4.32. The lowest BCUT2D eigenvalue weighted by Crippen LogP contribution is -2.21. The Balaban J connectivity index is 2.45. The van der Waals surface area contributed by atoms with Gasteiger partial charge in [-0.3, -0.25) is 4.79 Å². The zero-order valence-corrected chi connectivity index (χ0v) is 11.4. The molecular weight excluding hydrogens is 228 g/mol. The van der Waals surface area contributed by atoms with E-state index in [1.165, 1.54) is 19.3 Å². The lowest BCUT2D eigenvalue weighted by Gasteiger charge is -2.13. The largest absolute Gasteiger partial charge is 0.366 e. The Labute approximate surface area is 108 Å². The van der Waals surface area contributed by atoms with Gasteiger partial charge in [0, 0.05) is 13.1 Å². The van der Waals surface area contributed by atoms with E-state index in [4.69, 9.17) is 0 Å². The van der Waals surface area contributed by atoms with Crippen molar-refractivity contribution in [3.8, 4) is 0 Å². The Morgan fingerprint density at radius 2 is 2.11 bits per heavy atom. The van der Waals surface area contributed by atoms with Crippen LogP contribution >= 0.6 is 0 Å². The van der Waals surface area contributed by atoms with Crippen LogP contribution in [0.25, 0.3) is 0 Å². The summed E-state index contributed by atoms with van der Waals surface area (Å²) in [5, 5.41) is 13.7. The van der Waals surface area contributed by atoms with Gasteiger partial charge in [0.1, 0.15) is 5.82 Å². The normalized spacial score (nSPS) is 11.9. The number of anilines is 1. The summed E-state index contributed by atoms with van der Waals surface area (Å²) in [4.78, 5) is 11.3. The molecule has 2 N–H and O–H groups in total. The molecule has 0 saturated heterocycles. The molecule has 0 spiro atoms. The molecule has 5 heteroatoms. The first-order chi connectivity index (χ1) is 8.67. The summed E-state index contributed by atoms with van der Waals surface area (Å²) >= 11 is 0. The van der Waals surface area contributed by atoms with Gasteiger partial charge in [0.25, 0.3) is 5.91 Å². The van der Waals surface area contributed by atoms with Gasteiger partial charge in [-0.15, -0.1) is 10.2 Å². The molecule has 0 saturated carbocycles. The molecule has 1 aromatic heterocycles. The molecule has 0 aliphatic heterocycles. The lowest BCUT2D eigenvalue weighted by atomic mass is 10.1. The van der Waals surface area contributed by atoms with E-state index in [2.05, 4.69) is 34.7 Å². The van der Waals surface area contributed by atoms with Gasteiger partial charge in [-0.25, -0.2) is 0 Å². The monoisotopic (exact) mass is 250 g/mol. The van der Waals surface area contributed by atoms with Gasteiger partial charge in [-0.05, 0) is 25.5 Å². The Hall–Kier alpha value is -1.65. The number of aromatic nitrogens is 2. The van der Waals surface area contributed by atoms with Crippen molar-refractivity contribution in [1.82, 2.24) is 15.5 Å². The van der Waals surface area contributed by atoms with Crippen molar-refractivity contribution >= 4 is 11.7 Å². The molecule has 1 atom stereocenters. The quantitative estimate of drug-likeness (QED) is 0.728. The first-order valence-corrected chi connectivity index (χ1v) is 6.49. The van der Waals surface area contributed by atoms with E-state index in [9.17, 15) is 4.79 Å². The molecular formula is C13H22N4O. The molecule has 100 valence electrons. The third-order valence-electron chi connectivity index (χ3n) is 2.76. The Morgan fingerprint density at radius 3 is 2.67 bits per heavy atom. The number of hydrogen-bond acceptors (Lipinski definition) is 4. The van der Waals surface area contributed by atoms with Crippen molar-refractivity contribution in [2.75, 3.05) is 12.4 Å². The van der Waals surface area contributed by atoms with Gasteiger partial charge in [-0.1, -0.05) is 26.2 Å². The Morgan fingerprint density at radius 1 is 1.33 bits per heavy atom. The summed E-state index contributed by atoms with van der Waals surface area (Å²) < 4.78 is 0. The van der Waals surface area contributed by atoms with Crippen LogP contribution in [0.5, 0.6) is 0 Å². The highest BCUT2D eigenvalue weighted by Gasteiger charge is 2.07. The fourth-order valence-electron chi connectivity index (χ4n) is 1.68. The molecule has 1 amide bonds. The van der Waals surface area contributed by atoms with Gasteiger partial charge in [0.2, 0.25) is 0 Å². The highest BCUT2D eigenvalue weighted by molar-refractivity contribution is 5.91. The molecule has 0 fully saturated rings. The summed E-state index contributed by atoms with van der Waals surface area (Å²) in [5.41, 5.74) is 0.335. The fraction of sp³-hybridized carbons (Fsp3) is 0.615. The third kappa shape index (κ3) is 4.69. The van der Waals surface area contributed by atoms with Crippen molar-refractivity contribution in [3.63, 3.8) is 0 Å². The van der Waals surface area contributed by atoms with Gasteiger partial charge in [0.15, 0.2) is 5.69 Å². The van der Waals surface area contributed by atoms with Gasteiger partial charge < -0.3 is 10.6 Å². The number of nitrogens with zero attached hydrogens (tertiary/aromatic N) is 2. The van der Waals surface area contributed by atoms with E-state index in [1.54, 1.807) is 19.2 Å².